The van der Waals surface area contributed by atoms with Crippen molar-refractivity contribution >= 4 is 23.5 Å². The van der Waals surface area contributed by atoms with Gasteiger partial charge in [0, 0.05) is 0 Å². The molecule has 1 aliphatic heterocycles. The Kier molecular flexibility index (Phi) is 4.86. The van der Waals surface area contributed by atoms with Gasteiger partial charge >= 0.3 is 0 Å². The van der Waals surface area contributed by atoms with Crippen LogP contribution in [0.25, 0.3) is 0 Å². The molecule has 0 unspecified atom stereocenters. The van der Waals surface area contributed by atoms with Gasteiger partial charge in [0.15, 0.2) is 0 Å². The topological polar surface area (TPSA) is 0 Å². The van der Waals surface area contributed by atoms with Crippen molar-refractivity contribution in [3.8, 4) is 0 Å². The van der Waals surface area contributed by atoms with Crippen molar-refractivity contribution < 1.29 is 0 Å². The Labute approximate surface area is 133 Å². The van der Waals surface area contributed by atoms with Crippen molar-refractivity contribution in [3.63, 3.8) is 0 Å². The standard InChI is InChI=1S/C18H28S2/c1-17(2,3)14-9-7-13(8-10-14)16-19-11-15(12-20-16)18(4,5)6/h7-10,15-16H,11-12H2,1-6H3/t15-,16-. The van der Waals surface area contributed by atoms with Crippen LogP contribution >= 0.6 is 23.5 Å². The maximum atomic E-state index is 2.37. The van der Waals surface area contributed by atoms with Crippen LogP contribution in [-0.4, -0.2) is 11.5 Å². The Hall–Kier alpha value is -0.0800. The molecule has 1 saturated heterocycles. The van der Waals surface area contributed by atoms with Gasteiger partial charge in [0.1, 0.15) is 0 Å². The third-order valence-electron chi connectivity index (χ3n) is 4.17. The van der Waals surface area contributed by atoms with E-state index in [1.807, 2.05) is 0 Å². The lowest BCUT2D eigenvalue weighted by atomic mass is 9.83. The summed E-state index contributed by atoms with van der Waals surface area (Å²) >= 11 is 4.26. The number of hydrogen-bond donors (Lipinski definition) is 0. The maximum Gasteiger partial charge on any atom is 0.0751 e. The molecule has 2 rings (SSSR count). The predicted molar refractivity (Wildman–Crippen MR) is 95.7 cm³/mol. The minimum Gasteiger partial charge on any atom is -0.142 e. The number of hydrogen-bond acceptors (Lipinski definition) is 2. The second-order valence-electron chi connectivity index (χ2n) is 7.93. The number of rotatable bonds is 1. The monoisotopic (exact) mass is 308 g/mol. The van der Waals surface area contributed by atoms with Crippen molar-refractivity contribution in [3.05, 3.63) is 35.4 Å². The van der Waals surface area contributed by atoms with Crippen molar-refractivity contribution in [2.45, 2.75) is 51.5 Å². The van der Waals surface area contributed by atoms with Gasteiger partial charge in [-0.1, -0.05) is 65.8 Å². The lowest BCUT2D eigenvalue weighted by Crippen LogP contribution is -2.27. The molecular weight excluding hydrogens is 280 g/mol. The summed E-state index contributed by atoms with van der Waals surface area (Å²) < 4.78 is 0.627. The Morgan fingerprint density at radius 3 is 1.75 bits per heavy atom. The third kappa shape index (κ3) is 3.98. The highest BCUT2D eigenvalue weighted by molar-refractivity contribution is 8.16. The minimum atomic E-state index is 0.253. The molecule has 0 atom stereocenters. The number of benzene rings is 1. The summed E-state index contributed by atoms with van der Waals surface area (Å²) in [7, 11) is 0. The Bertz CT molecular complexity index is 426. The SMILES string of the molecule is CC(C)(C)c1ccc([C@H]2SC[C@H](C(C)(C)C)CS2)cc1. The zero-order chi connectivity index (χ0) is 15.0. The average molecular weight is 309 g/mol. The summed E-state index contributed by atoms with van der Waals surface area (Å²) in [5.74, 6) is 3.42. The largest absolute Gasteiger partial charge is 0.142 e. The van der Waals surface area contributed by atoms with E-state index in [0.717, 1.165) is 5.92 Å². The van der Waals surface area contributed by atoms with Crippen LogP contribution < -0.4 is 0 Å². The minimum absolute atomic E-state index is 0.253. The zero-order valence-corrected chi connectivity index (χ0v) is 15.3. The predicted octanol–water partition coefficient (Wildman–Crippen LogP) is 6.13. The first kappa shape index (κ1) is 16.3. The van der Waals surface area contributed by atoms with E-state index in [1.165, 1.54) is 22.6 Å². The van der Waals surface area contributed by atoms with Gasteiger partial charge in [0.25, 0.3) is 0 Å². The fourth-order valence-electron chi connectivity index (χ4n) is 2.34. The number of thioether (sulfide) groups is 2. The molecule has 0 aromatic heterocycles. The summed E-state index contributed by atoms with van der Waals surface area (Å²) in [5, 5.41) is 0. The van der Waals surface area contributed by atoms with Crippen molar-refractivity contribution in [1.82, 2.24) is 0 Å². The van der Waals surface area contributed by atoms with E-state index >= 15 is 0 Å². The van der Waals surface area contributed by atoms with Gasteiger partial charge in [-0.2, -0.15) is 0 Å². The molecule has 0 aliphatic carbocycles. The molecule has 0 N–H and O–H groups in total. The van der Waals surface area contributed by atoms with Gasteiger partial charge in [0.2, 0.25) is 0 Å². The molecule has 1 heterocycles. The van der Waals surface area contributed by atoms with Gasteiger partial charge in [0.05, 0.1) is 4.58 Å². The van der Waals surface area contributed by atoms with Crippen LogP contribution in [-0.2, 0) is 5.41 Å². The fourth-order valence-corrected chi connectivity index (χ4v) is 6.09. The van der Waals surface area contributed by atoms with E-state index in [4.69, 9.17) is 0 Å². The zero-order valence-electron chi connectivity index (χ0n) is 13.7. The normalized spacial score (nSPS) is 24.7. The van der Waals surface area contributed by atoms with Crippen LogP contribution in [0.15, 0.2) is 24.3 Å². The third-order valence-corrected chi connectivity index (χ3v) is 7.33. The van der Waals surface area contributed by atoms with Crippen LogP contribution in [0.4, 0.5) is 0 Å². The first-order valence-electron chi connectivity index (χ1n) is 7.51. The van der Waals surface area contributed by atoms with Gasteiger partial charge in [-0.05, 0) is 39.4 Å². The first-order chi connectivity index (χ1) is 9.18. The molecule has 2 heteroatoms. The second-order valence-corrected chi connectivity index (χ2v) is 10.5. The quantitative estimate of drug-likeness (QED) is 0.612. The molecule has 0 radical (unpaired) electrons. The smallest absolute Gasteiger partial charge is 0.0751 e. The molecule has 1 aromatic rings. The van der Waals surface area contributed by atoms with E-state index < -0.39 is 0 Å². The van der Waals surface area contributed by atoms with Crippen molar-refractivity contribution in [1.29, 1.82) is 0 Å². The molecule has 112 valence electrons. The average Bonchev–Trinajstić information content (AvgIpc) is 2.37. The molecule has 0 nitrogen and oxygen atoms in total. The molecule has 0 spiro atoms. The molecule has 0 saturated carbocycles. The van der Waals surface area contributed by atoms with Gasteiger partial charge < -0.3 is 0 Å². The Balaban J connectivity index is 2.01. The van der Waals surface area contributed by atoms with Crippen LogP contribution in [0.3, 0.4) is 0 Å². The van der Waals surface area contributed by atoms with E-state index in [1.54, 1.807) is 0 Å². The molecule has 1 aromatic carbocycles. The van der Waals surface area contributed by atoms with Crippen LogP contribution in [0.2, 0.25) is 0 Å². The first-order valence-corrected chi connectivity index (χ1v) is 9.61. The fraction of sp³-hybridized carbons (Fsp3) is 0.667. The molecule has 1 fully saturated rings. The highest BCUT2D eigenvalue weighted by Gasteiger charge is 2.31. The van der Waals surface area contributed by atoms with Crippen LogP contribution in [0, 0.1) is 11.3 Å². The van der Waals surface area contributed by atoms with Crippen LogP contribution in [0.5, 0.6) is 0 Å². The van der Waals surface area contributed by atoms with Crippen molar-refractivity contribution in [2.24, 2.45) is 11.3 Å². The summed E-state index contributed by atoms with van der Waals surface area (Å²) in [6.45, 7) is 14.0. The maximum absolute atomic E-state index is 2.37. The highest BCUT2D eigenvalue weighted by atomic mass is 32.2. The Morgan fingerprint density at radius 2 is 1.35 bits per heavy atom. The highest BCUT2D eigenvalue weighted by Crippen LogP contribution is 2.49. The second kappa shape index (κ2) is 5.96. The lowest BCUT2D eigenvalue weighted by molar-refractivity contribution is 0.292. The van der Waals surface area contributed by atoms with Crippen LogP contribution in [0.1, 0.15) is 57.3 Å². The van der Waals surface area contributed by atoms with E-state index in [0.29, 0.717) is 10.00 Å². The van der Waals surface area contributed by atoms with Gasteiger partial charge in [-0.3, -0.25) is 0 Å². The summed E-state index contributed by atoms with van der Waals surface area (Å²) in [6, 6.07) is 9.30. The summed E-state index contributed by atoms with van der Waals surface area (Å²) in [4.78, 5) is 0. The molecule has 0 amide bonds. The van der Waals surface area contributed by atoms with Gasteiger partial charge in [-0.15, -0.1) is 23.5 Å². The van der Waals surface area contributed by atoms with E-state index in [2.05, 4.69) is 89.3 Å². The summed E-state index contributed by atoms with van der Waals surface area (Å²) in [6.07, 6.45) is 0. The molecular formula is C18H28S2. The molecule has 0 bridgehead atoms. The molecule has 1 aliphatic rings. The van der Waals surface area contributed by atoms with Gasteiger partial charge in [-0.25, -0.2) is 0 Å². The Morgan fingerprint density at radius 1 is 0.850 bits per heavy atom. The van der Waals surface area contributed by atoms with E-state index in [9.17, 15) is 0 Å². The lowest BCUT2D eigenvalue weighted by Gasteiger charge is -2.36. The molecule has 20 heavy (non-hydrogen) atoms. The van der Waals surface area contributed by atoms with E-state index in [-0.39, 0.29) is 5.41 Å². The van der Waals surface area contributed by atoms with Crippen molar-refractivity contribution in [2.75, 3.05) is 11.5 Å². The summed E-state index contributed by atoms with van der Waals surface area (Å²) in [5.41, 5.74) is 3.61.